The van der Waals surface area contributed by atoms with E-state index in [0.717, 1.165) is 61.3 Å². The van der Waals surface area contributed by atoms with Gasteiger partial charge in [-0.25, -0.2) is 9.36 Å². The number of hydrogen-bond acceptors (Lipinski definition) is 6. The maximum absolute atomic E-state index is 5.55. The van der Waals surface area contributed by atoms with Gasteiger partial charge in [0.25, 0.3) is 0 Å². The predicted octanol–water partition coefficient (Wildman–Crippen LogP) is 2.10. The highest BCUT2D eigenvalue weighted by molar-refractivity contribution is 5.74. The van der Waals surface area contributed by atoms with Crippen LogP contribution in [0.4, 0.5) is 0 Å². The number of aromatic nitrogens is 6. The fourth-order valence-electron chi connectivity index (χ4n) is 3.76. The number of fused-ring (bicyclic) bond motifs is 2. The first kappa shape index (κ1) is 16.3. The molecule has 1 fully saturated rings. The predicted molar refractivity (Wildman–Crippen MR) is 101 cm³/mol. The van der Waals surface area contributed by atoms with Crippen LogP contribution in [0.1, 0.15) is 12.6 Å². The van der Waals surface area contributed by atoms with Crippen molar-refractivity contribution in [1.29, 1.82) is 0 Å². The normalized spacial score (nSPS) is 16.9. The summed E-state index contributed by atoms with van der Waals surface area (Å²) < 4.78 is 9.56. The Bertz CT molecular complexity index is 1050. The van der Waals surface area contributed by atoms with Crippen LogP contribution in [0.15, 0.2) is 48.5 Å². The molecular formula is C19H21N7O. The van der Waals surface area contributed by atoms with Crippen molar-refractivity contribution in [2.24, 2.45) is 0 Å². The monoisotopic (exact) mass is 363 g/mol. The van der Waals surface area contributed by atoms with Gasteiger partial charge in [-0.15, -0.1) is 10.2 Å². The van der Waals surface area contributed by atoms with Crippen LogP contribution >= 0.6 is 0 Å². The van der Waals surface area contributed by atoms with E-state index in [-0.39, 0.29) is 6.17 Å². The van der Waals surface area contributed by atoms with Crippen molar-refractivity contribution in [2.75, 3.05) is 26.3 Å². The number of rotatable bonds is 5. The Hall–Kier alpha value is -2.84. The quantitative estimate of drug-likeness (QED) is 0.541. The van der Waals surface area contributed by atoms with Gasteiger partial charge in [-0.3, -0.25) is 4.90 Å². The van der Waals surface area contributed by atoms with Crippen LogP contribution in [0.25, 0.3) is 22.1 Å². The van der Waals surface area contributed by atoms with Gasteiger partial charge in [-0.2, -0.15) is 0 Å². The van der Waals surface area contributed by atoms with E-state index < -0.39 is 0 Å². The van der Waals surface area contributed by atoms with Gasteiger partial charge >= 0.3 is 0 Å². The lowest BCUT2D eigenvalue weighted by molar-refractivity contribution is -0.00821. The van der Waals surface area contributed by atoms with Crippen LogP contribution in [-0.4, -0.2) is 61.2 Å². The number of benzene rings is 2. The Morgan fingerprint density at radius 3 is 2.33 bits per heavy atom. The molecule has 2 aromatic carbocycles. The van der Waals surface area contributed by atoms with Crippen LogP contribution in [0.5, 0.6) is 0 Å². The molecule has 0 bridgehead atoms. The Morgan fingerprint density at radius 2 is 1.52 bits per heavy atom. The zero-order valence-corrected chi connectivity index (χ0v) is 15.0. The van der Waals surface area contributed by atoms with Crippen molar-refractivity contribution in [2.45, 2.75) is 19.1 Å². The summed E-state index contributed by atoms with van der Waals surface area (Å²) in [5.41, 5.74) is 3.95. The van der Waals surface area contributed by atoms with Crippen molar-refractivity contribution >= 4 is 22.1 Å². The SMILES string of the molecule is c1ccc2c(c1)nnn2CCC(N1CCOCC1)n1nnc2ccccc21. The molecule has 0 N–H and O–H groups in total. The van der Waals surface area contributed by atoms with Gasteiger partial charge in [0.2, 0.25) is 0 Å². The molecule has 138 valence electrons. The lowest BCUT2D eigenvalue weighted by Crippen LogP contribution is -2.42. The first-order chi connectivity index (χ1) is 13.4. The minimum atomic E-state index is 0.101. The van der Waals surface area contributed by atoms with E-state index >= 15 is 0 Å². The molecule has 27 heavy (non-hydrogen) atoms. The zero-order valence-electron chi connectivity index (χ0n) is 15.0. The summed E-state index contributed by atoms with van der Waals surface area (Å²) in [4.78, 5) is 2.42. The van der Waals surface area contributed by atoms with E-state index in [4.69, 9.17) is 4.74 Å². The van der Waals surface area contributed by atoms with E-state index in [1.54, 1.807) is 0 Å². The van der Waals surface area contributed by atoms with Crippen molar-refractivity contribution in [3.05, 3.63) is 48.5 Å². The summed E-state index contributed by atoms with van der Waals surface area (Å²) in [6.07, 6.45) is 0.963. The maximum Gasteiger partial charge on any atom is 0.113 e. The topological polar surface area (TPSA) is 73.9 Å². The van der Waals surface area contributed by atoms with Crippen LogP contribution in [0, 0.1) is 0 Å². The van der Waals surface area contributed by atoms with Crippen LogP contribution in [-0.2, 0) is 11.3 Å². The third-order valence-corrected chi connectivity index (χ3v) is 5.15. The highest BCUT2D eigenvalue weighted by Crippen LogP contribution is 2.24. The number of ether oxygens (including phenoxy) is 1. The smallest absolute Gasteiger partial charge is 0.113 e. The summed E-state index contributed by atoms with van der Waals surface area (Å²) in [5.74, 6) is 0. The molecule has 4 aromatic rings. The second kappa shape index (κ2) is 7.05. The number of morpholine rings is 1. The van der Waals surface area contributed by atoms with E-state index in [9.17, 15) is 0 Å². The fraction of sp³-hybridized carbons (Fsp3) is 0.368. The van der Waals surface area contributed by atoms with Gasteiger partial charge in [0.1, 0.15) is 17.2 Å². The molecule has 0 aliphatic carbocycles. The van der Waals surface area contributed by atoms with Crippen LogP contribution in [0.3, 0.4) is 0 Å². The summed E-state index contributed by atoms with van der Waals surface area (Å²) in [6, 6.07) is 16.2. The van der Waals surface area contributed by atoms with E-state index in [1.165, 1.54) is 0 Å². The lowest BCUT2D eigenvalue weighted by Gasteiger charge is -2.34. The average Bonchev–Trinajstić information content (AvgIpc) is 3.34. The largest absolute Gasteiger partial charge is 0.379 e. The Labute approximate surface area is 156 Å². The molecule has 1 unspecified atom stereocenters. The van der Waals surface area contributed by atoms with Gasteiger partial charge in [0, 0.05) is 26.1 Å². The molecule has 5 rings (SSSR count). The van der Waals surface area contributed by atoms with E-state index in [0.29, 0.717) is 0 Å². The van der Waals surface area contributed by atoms with Crippen LogP contribution in [0.2, 0.25) is 0 Å². The Morgan fingerprint density at radius 1 is 0.852 bits per heavy atom. The molecule has 1 saturated heterocycles. The van der Waals surface area contributed by atoms with Gasteiger partial charge in [0.05, 0.1) is 24.2 Å². The highest BCUT2D eigenvalue weighted by Gasteiger charge is 2.25. The first-order valence-electron chi connectivity index (χ1n) is 9.30. The summed E-state index contributed by atoms with van der Waals surface area (Å²) in [7, 11) is 0. The summed E-state index contributed by atoms with van der Waals surface area (Å²) >= 11 is 0. The molecule has 0 radical (unpaired) electrons. The van der Waals surface area contributed by atoms with Gasteiger partial charge in [0.15, 0.2) is 0 Å². The molecule has 8 heteroatoms. The minimum absolute atomic E-state index is 0.101. The summed E-state index contributed by atoms with van der Waals surface area (Å²) in [6.45, 7) is 4.02. The van der Waals surface area contributed by atoms with Crippen molar-refractivity contribution in [3.63, 3.8) is 0 Å². The van der Waals surface area contributed by atoms with Gasteiger partial charge < -0.3 is 4.74 Å². The second-order valence-corrected chi connectivity index (χ2v) is 6.74. The molecule has 1 aliphatic rings. The molecule has 8 nitrogen and oxygen atoms in total. The molecule has 1 atom stereocenters. The Kier molecular flexibility index (Phi) is 4.27. The van der Waals surface area contributed by atoms with E-state index in [1.807, 2.05) is 45.8 Å². The van der Waals surface area contributed by atoms with Gasteiger partial charge in [-0.05, 0) is 24.3 Å². The zero-order chi connectivity index (χ0) is 18.1. The third kappa shape index (κ3) is 3.07. The third-order valence-electron chi connectivity index (χ3n) is 5.15. The van der Waals surface area contributed by atoms with Crippen molar-refractivity contribution < 1.29 is 4.74 Å². The number of aryl methyl sites for hydroxylation is 1. The lowest BCUT2D eigenvalue weighted by atomic mass is 10.2. The highest BCUT2D eigenvalue weighted by atomic mass is 16.5. The maximum atomic E-state index is 5.55. The number of nitrogens with zero attached hydrogens (tertiary/aromatic N) is 7. The fourth-order valence-corrected chi connectivity index (χ4v) is 3.76. The molecule has 2 aromatic heterocycles. The molecule has 3 heterocycles. The Balaban J connectivity index is 1.46. The molecule has 0 spiro atoms. The number of para-hydroxylation sites is 2. The van der Waals surface area contributed by atoms with Crippen molar-refractivity contribution in [3.8, 4) is 0 Å². The average molecular weight is 363 g/mol. The van der Waals surface area contributed by atoms with Gasteiger partial charge in [-0.1, -0.05) is 34.7 Å². The first-order valence-corrected chi connectivity index (χ1v) is 9.30. The second-order valence-electron chi connectivity index (χ2n) is 6.74. The molecular weight excluding hydrogens is 342 g/mol. The molecule has 0 saturated carbocycles. The van der Waals surface area contributed by atoms with Crippen LogP contribution < -0.4 is 0 Å². The number of hydrogen-bond donors (Lipinski definition) is 0. The van der Waals surface area contributed by atoms with Crippen molar-refractivity contribution in [1.82, 2.24) is 34.9 Å². The minimum Gasteiger partial charge on any atom is -0.379 e. The summed E-state index contributed by atoms with van der Waals surface area (Å²) in [5, 5.41) is 17.4. The molecule has 0 amide bonds. The van der Waals surface area contributed by atoms with E-state index in [2.05, 4.69) is 37.7 Å². The molecule has 1 aliphatic heterocycles. The standard InChI is InChI=1S/C19H21N7O/c1-3-7-17-15(5-1)20-22-25(17)10-9-19(24-11-13-27-14-12-24)26-18-8-4-2-6-16(18)21-23-26/h1-8,19H,9-14H2.